The summed E-state index contributed by atoms with van der Waals surface area (Å²) in [6.45, 7) is 0.681. The van der Waals surface area contributed by atoms with Gasteiger partial charge in [0.25, 0.3) is 0 Å². The van der Waals surface area contributed by atoms with Crippen molar-refractivity contribution in [3.8, 4) is 0 Å². The molecule has 3 heteroatoms. The number of rotatable bonds is 4. The van der Waals surface area contributed by atoms with E-state index in [9.17, 15) is 0 Å². The monoisotopic (exact) mass is 248 g/mol. The SMILES string of the molecule is ClCOCCc1cccc(Br)c1. The molecule has 0 aliphatic carbocycles. The average molecular weight is 250 g/mol. The van der Waals surface area contributed by atoms with Crippen LogP contribution in [0.1, 0.15) is 5.56 Å². The third-order valence-electron chi connectivity index (χ3n) is 1.50. The Morgan fingerprint density at radius 1 is 1.42 bits per heavy atom. The van der Waals surface area contributed by atoms with Crippen LogP contribution in [0.5, 0.6) is 0 Å². The maximum Gasteiger partial charge on any atom is 0.120 e. The predicted octanol–water partition coefficient (Wildman–Crippen LogP) is 3.20. The maximum atomic E-state index is 5.37. The van der Waals surface area contributed by atoms with Crippen molar-refractivity contribution in [1.29, 1.82) is 0 Å². The molecule has 0 aromatic heterocycles. The molecular weight excluding hydrogens is 239 g/mol. The normalized spacial score (nSPS) is 10.2. The molecule has 1 aromatic carbocycles. The van der Waals surface area contributed by atoms with Gasteiger partial charge in [0.2, 0.25) is 0 Å². The summed E-state index contributed by atoms with van der Waals surface area (Å²) in [5, 5.41) is 0. The smallest absolute Gasteiger partial charge is 0.120 e. The number of halogens is 2. The van der Waals surface area contributed by atoms with Crippen LogP contribution >= 0.6 is 27.5 Å². The molecule has 0 N–H and O–H groups in total. The highest BCUT2D eigenvalue weighted by Crippen LogP contribution is 2.11. The largest absolute Gasteiger partial charge is 0.365 e. The third-order valence-corrected chi connectivity index (χ3v) is 2.15. The summed E-state index contributed by atoms with van der Waals surface area (Å²) in [4.78, 5) is 0. The van der Waals surface area contributed by atoms with Crippen LogP contribution in [-0.4, -0.2) is 12.7 Å². The lowest BCUT2D eigenvalue weighted by Crippen LogP contribution is -1.96. The van der Waals surface area contributed by atoms with E-state index in [1.165, 1.54) is 5.56 Å². The van der Waals surface area contributed by atoms with Gasteiger partial charge in [-0.25, -0.2) is 0 Å². The van der Waals surface area contributed by atoms with E-state index < -0.39 is 0 Å². The van der Waals surface area contributed by atoms with Crippen molar-refractivity contribution in [2.75, 3.05) is 12.7 Å². The van der Waals surface area contributed by atoms with Gasteiger partial charge in [0.15, 0.2) is 0 Å². The topological polar surface area (TPSA) is 9.23 Å². The van der Waals surface area contributed by atoms with E-state index >= 15 is 0 Å². The predicted molar refractivity (Wildman–Crippen MR) is 54.5 cm³/mol. The van der Waals surface area contributed by atoms with Gasteiger partial charge in [-0.1, -0.05) is 39.7 Å². The van der Waals surface area contributed by atoms with Gasteiger partial charge in [-0.2, -0.15) is 0 Å². The van der Waals surface area contributed by atoms with Crippen LogP contribution in [0.4, 0.5) is 0 Å². The molecule has 1 rings (SSSR count). The van der Waals surface area contributed by atoms with Gasteiger partial charge >= 0.3 is 0 Å². The van der Waals surface area contributed by atoms with Crippen molar-refractivity contribution in [3.63, 3.8) is 0 Å². The molecule has 1 aromatic rings. The van der Waals surface area contributed by atoms with Gasteiger partial charge in [-0.15, -0.1) is 0 Å². The van der Waals surface area contributed by atoms with Gasteiger partial charge < -0.3 is 4.74 Å². The molecule has 0 heterocycles. The highest BCUT2D eigenvalue weighted by molar-refractivity contribution is 9.10. The molecule has 66 valence electrons. The van der Waals surface area contributed by atoms with Crippen molar-refractivity contribution >= 4 is 27.5 Å². The lowest BCUT2D eigenvalue weighted by atomic mass is 10.2. The zero-order chi connectivity index (χ0) is 8.81. The lowest BCUT2D eigenvalue weighted by molar-refractivity contribution is 0.183. The van der Waals surface area contributed by atoms with Crippen LogP contribution < -0.4 is 0 Å². The molecule has 0 radical (unpaired) electrons. The molecule has 0 aliphatic rings. The summed E-state index contributed by atoms with van der Waals surface area (Å²) in [6, 6.07) is 8.44. The molecule has 0 amide bonds. The fraction of sp³-hybridized carbons (Fsp3) is 0.333. The number of hydrogen-bond acceptors (Lipinski definition) is 1. The van der Waals surface area contributed by atoms with Crippen molar-refractivity contribution in [2.45, 2.75) is 6.42 Å². The van der Waals surface area contributed by atoms with E-state index in [0.717, 1.165) is 10.9 Å². The highest BCUT2D eigenvalue weighted by atomic mass is 79.9. The quantitative estimate of drug-likeness (QED) is 0.588. The van der Waals surface area contributed by atoms with Crippen molar-refractivity contribution < 1.29 is 4.74 Å². The molecule has 0 bridgehead atoms. The van der Waals surface area contributed by atoms with Crippen molar-refractivity contribution in [3.05, 3.63) is 34.3 Å². The second-order valence-electron chi connectivity index (χ2n) is 2.40. The minimum atomic E-state index is 0.272. The van der Waals surface area contributed by atoms with E-state index in [-0.39, 0.29) is 6.07 Å². The first-order valence-corrected chi connectivity index (χ1v) is 5.04. The Hall–Kier alpha value is -0.0500. The molecule has 0 aliphatic heterocycles. The maximum absolute atomic E-state index is 5.37. The third kappa shape index (κ3) is 3.57. The van der Waals surface area contributed by atoms with Crippen LogP contribution in [0, 0.1) is 0 Å². The molecule has 0 atom stereocenters. The van der Waals surface area contributed by atoms with Crippen LogP contribution in [0.2, 0.25) is 0 Å². The van der Waals surface area contributed by atoms with Crippen molar-refractivity contribution in [1.82, 2.24) is 0 Å². The van der Waals surface area contributed by atoms with Gasteiger partial charge in [0, 0.05) is 4.47 Å². The summed E-state index contributed by atoms with van der Waals surface area (Å²) < 4.78 is 6.13. The van der Waals surface area contributed by atoms with Crippen LogP contribution in [0.3, 0.4) is 0 Å². The number of ether oxygens (including phenoxy) is 1. The Balaban J connectivity index is 2.41. The molecule has 0 unspecified atom stereocenters. The van der Waals surface area contributed by atoms with Crippen LogP contribution in [0.15, 0.2) is 28.7 Å². The fourth-order valence-electron chi connectivity index (χ4n) is 0.937. The van der Waals surface area contributed by atoms with E-state index in [1.54, 1.807) is 0 Å². The number of alkyl halides is 1. The second kappa shape index (κ2) is 5.57. The first kappa shape index (κ1) is 10.0. The van der Waals surface area contributed by atoms with Gasteiger partial charge in [0.1, 0.15) is 6.07 Å². The molecule has 0 spiro atoms. The van der Waals surface area contributed by atoms with Crippen molar-refractivity contribution in [2.24, 2.45) is 0 Å². The summed E-state index contributed by atoms with van der Waals surface area (Å²) >= 11 is 8.77. The molecular formula is C9H10BrClO. The highest BCUT2D eigenvalue weighted by Gasteiger charge is 1.93. The summed E-state index contributed by atoms with van der Waals surface area (Å²) in [7, 11) is 0. The Kier molecular flexibility index (Phi) is 4.66. The number of benzene rings is 1. The minimum absolute atomic E-state index is 0.272. The zero-order valence-corrected chi connectivity index (χ0v) is 8.94. The fourth-order valence-corrected chi connectivity index (χ4v) is 1.49. The van der Waals surface area contributed by atoms with E-state index in [1.807, 2.05) is 12.1 Å². The molecule has 0 fully saturated rings. The summed E-state index contributed by atoms with van der Waals surface area (Å²) in [5.41, 5.74) is 1.26. The van der Waals surface area contributed by atoms with Gasteiger partial charge in [-0.3, -0.25) is 0 Å². The first-order valence-electron chi connectivity index (χ1n) is 3.71. The molecule has 1 nitrogen and oxygen atoms in total. The first-order chi connectivity index (χ1) is 5.83. The Bertz CT molecular complexity index is 240. The molecule has 12 heavy (non-hydrogen) atoms. The summed E-state index contributed by atoms with van der Waals surface area (Å²) in [6.07, 6.45) is 0.909. The van der Waals surface area contributed by atoms with E-state index in [0.29, 0.717) is 6.61 Å². The molecule has 0 saturated heterocycles. The Morgan fingerprint density at radius 3 is 2.92 bits per heavy atom. The van der Waals surface area contributed by atoms with Crippen LogP contribution in [0.25, 0.3) is 0 Å². The van der Waals surface area contributed by atoms with Gasteiger partial charge in [-0.05, 0) is 24.1 Å². The summed E-state index contributed by atoms with van der Waals surface area (Å²) in [5.74, 6) is 0. The van der Waals surface area contributed by atoms with Crippen LogP contribution in [-0.2, 0) is 11.2 Å². The molecule has 0 saturated carbocycles. The Morgan fingerprint density at radius 2 is 2.25 bits per heavy atom. The number of hydrogen-bond donors (Lipinski definition) is 0. The van der Waals surface area contributed by atoms with E-state index in [2.05, 4.69) is 28.1 Å². The van der Waals surface area contributed by atoms with Gasteiger partial charge in [0.05, 0.1) is 6.61 Å². The lowest BCUT2D eigenvalue weighted by Gasteiger charge is -2.00. The standard InChI is InChI=1S/C9H10BrClO/c10-9-3-1-2-8(6-9)4-5-12-7-11/h1-3,6H,4-5,7H2. The minimum Gasteiger partial charge on any atom is -0.365 e. The Labute approximate surface area is 85.8 Å². The van der Waals surface area contributed by atoms with E-state index in [4.69, 9.17) is 16.3 Å². The average Bonchev–Trinajstić information content (AvgIpc) is 2.05. The zero-order valence-electron chi connectivity index (χ0n) is 6.59. The second-order valence-corrected chi connectivity index (χ2v) is 3.53.